The smallest absolute Gasteiger partial charge is 0.264 e. The maximum absolute atomic E-state index is 14.7. The predicted molar refractivity (Wildman–Crippen MR) is 123 cm³/mol. The van der Waals surface area contributed by atoms with E-state index in [9.17, 15) is 12.8 Å². The van der Waals surface area contributed by atoms with Crippen molar-refractivity contribution in [3.63, 3.8) is 0 Å². The fourth-order valence-corrected chi connectivity index (χ4v) is 5.12. The summed E-state index contributed by atoms with van der Waals surface area (Å²) in [5, 5.41) is 8.21. The number of sulfonamides is 1. The lowest BCUT2D eigenvalue weighted by molar-refractivity contribution is 0.558. The van der Waals surface area contributed by atoms with Crippen LogP contribution in [-0.4, -0.2) is 34.7 Å². The number of halogens is 2. The number of aromatic nitrogens is 4. The third-order valence-corrected chi connectivity index (χ3v) is 7.25. The molecule has 0 N–H and O–H groups in total. The summed E-state index contributed by atoms with van der Waals surface area (Å²) in [5.74, 6) is -0.0371. The zero-order valence-electron chi connectivity index (χ0n) is 17.9. The molecule has 2 heterocycles. The first-order chi connectivity index (χ1) is 15.8. The van der Waals surface area contributed by atoms with Gasteiger partial charge in [0.15, 0.2) is 18.0 Å². The van der Waals surface area contributed by atoms with E-state index in [2.05, 4.69) is 15.2 Å². The average Bonchev–Trinajstić information content (AvgIpc) is 3.46. The Morgan fingerprint density at radius 2 is 1.88 bits per heavy atom. The lowest BCUT2D eigenvalue weighted by Gasteiger charge is -2.27. The summed E-state index contributed by atoms with van der Waals surface area (Å²) in [7, 11) is -2.30. The minimum absolute atomic E-state index is 0.101. The second-order valence-electron chi connectivity index (χ2n) is 7.31. The normalized spacial score (nSPS) is 11.6. The first-order valence-electron chi connectivity index (χ1n) is 10.2. The molecule has 0 bridgehead atoms. The Morgan fingerprint density at radius 1 is 1.15 bits per heavy atom. The fraction of sp³-hybridized carbons (Fsp3) is 0.227. The van der Waals surface area contributed by atoms with Crippen LogP contribution in [0.2, 0.25) is 5.02 Å². The number of anilines is 1. The van der Waals surface area contributed by atoms with E-state index >= 15 is 0 Å². The number of unbranched alkanes of at least 4 members (excludes halogenated alkanes) is 1. The predicted octanol–water partition coefficient (Wildman–Crippen LogP) is 4.93. The molecule has 0 atom stereocenters. The summed E-state index contributed by atoms with van der Waals surface area (Å²) < 4.78 is 49.7. The SMILES string of the molecule is CCCCN(c1cc(F)c(Cl)cc1-c1nnc(-c2cocn2)n1C)S(=O)(=O)c1ccccc1. The van der Waals surface area contributed by atoms with Gasteiger partial charge in [-0.2, -0.15) is 0 Å². The van der Waals surface area contributed by atoms with Crippen LogP contribution >= 0.6 is 11.6 Å². The van der Waals surface area contributed by atoms with Gasteiger partial charge in [-0.15, -0.1) is 10.2 Å². The van der Waals surface area contributed by atoms with E-state index in [1.165, 1.54) is 35.2 Å². The zero-order chi connectivity index (χ0) is 23.6. The molecule has 0 radical (unpaired) electrons. The largest absolute Gasteiger partial charge is 0.451 e. The molecule has 0 saturated heterocycles. The van der Waals surface area contributed by atoms with Crippen LogP contribution in [0.5, 0.6) is 0 Å². The molecule has 0 unspecified atom stereocenters. The highest BCUT2D eigenvalue weighted by atomic mass is 35.5. The van der Waals surface area contributed by atoms with Crippen LogP contribution in [-0.2, 0) is 17.1 Å². The molecule has 0 saturated carbocycles. The Labute approximate surface area is 195 Å². The van der Waals surface area contributed by atoms with Crippen molar-refractivity contribution in [2.45, 2.75) is 24.7 Å². The molecule has 0 aliphatic heterocycles. The van der Waals surface area contributed by atoms with Crippen LogP contribution in [0.15, 0.2) is 64.4 Å². The van der Waals surface area contributed by atoms with Gasteiger partial charge in [0.1, 0.15) is 17.8 Å². The minimum atomic E-state index is -4.00. The lowest BCUT2D eigenvalue weighted by atomic mass is 10.1. The topological polar surface area (TPSA) is 94.1 Å². The Balaban J connectivity index is 1.92. The van der Waals surface area contributed by atoms with Crippen molar-refractivity contribution in [3.05, 3.63) is 66.0 Å². The molecule has 0 amide bonds. The van der Waals surface area contributed by atoms with Crippen molar-refractivity contribution in [1.82, 2.24) is 19.7 Å². The molecule has 11 heteroatoms. The molecule has 4 rings (SSSR count). The van der Waals surface area contributed by atoms with Crippen LogP contribution in [0, 0.1) is 5.82 Å². The van der Waals surface area contributed by atoms with E-state index in [1.54, 1.807) is 29.8 Å². The van der Waals surface area contributed by atoms with Gasteiger partial charge in [-0.1, -0.05) is 43.1 Å². The molecular weight excluding hydrogens is 469 g/mol. The van der Waals surface area contributed by atoms with E-state index < -0.39 is 15.8 Å². The van der Waals surface area contributed by atoms with Crippen LogP contribution < -0.4 is 4.31 Å². The highest BCUT2D eigenvalue weighted by Crippen LogP contribution is 2.37. The molecule has 8 nitrogen and oxygen atoms in total. The third kappa shape index (κ3) is 4.36. The van der Waals surface area contributed by atoms with Gasteiger partial charge in [0, 0.05) is 25.2 Å². The fourth-order valence-electron chi connectivity index (χ4n) is 3.42. The second-order valence-corrected chi connectivity index (χ2v) is 9.58. The molecule has 0 spiro atoms. The summed E-state index contributed by atoms with van der Waals surface area (Å²) in [5.41, 5.74) is 0.893. The van der Waals surface area contributed by atoms with Gasteiger partial charge in [-0.25, -0.2) is 17.8 Å². The standard InChI is InChI=1S/C22H21ClFN5O3S/c1-3-4-10-29(33(30,31)15-8-6-5-7-9-15)20-12-18(24)17(23)11-16(20)21-26-27-22(28(21)2)19-13-32-14-25-19/h5-9,11-14H,3-4,10H2,1-2H3. The molecule has 33 heavy (non-hydrogen) atoms. The third-order valence-electron chi connectivity index (χ3n) is 5.13. The Kier molecular flexibility index (Phi) is 6.48. The average molecular weight is 490 g/mol. The van der Waals surface area contributed by atoms with Gasteiger partial charge < -0.3 is 8.98 Å². The van der Waals surface area contributed by atoms with Crippen LogP contribution in [0.1, 0.15) is 19.8 Å². The molecule has 4 aromatic rings. The summed E-state index contributed by atoms with van der Waals surface area (Å²) in [6.45, 7) is 2.10. The van der Waals surface area contributed by atoms with E-state index in [1.807, 2.05) is 6.92 Å². The van der Waals surface area contributed by atoms with Crippen LogP contribution in [0.3, 0.4) is 0 Å². The number of hydrogen-bond acceptors (Lipinski definition) is 6. The maximum atomic E-state index is 14.7. The van der Waals surface area contributed by atoms with Crippen molar-refractivity contribution in [2.75, 3.05) is 10.8 Å². The number of hydrogen-bond donors (Lipinski definition) is 0. The number of nitrogens with zero attached hydrogens (tertiary/aromatic N) is 5. The molecular formula is C22H21ClFN5O3S. The van der Waals surface area contributed by atoms with Crippen molar-refractivity contribution < 1.29 is 17.2 Å². The Hall–Kier alpha value is -3.24. The van der Waals surface area contributed by atoms with Crippen LogP contribution in [0.25, 0.3) is 22.9 Å². The first kappa shape index (κ1) is 22.9. The summed E-state index contributed by atoms with van der Waals surface area (Å²) >= 11 is 6.11. The maximum Gasteiger partial charge on any atom is 0.264 e. The summed E-state index contributed by atoms with van der Waals surface area (Å²) in [4.78, 5) is 4.18. The zero-order valence-corrected chi connectivity index (χ0v) is 19.5. The van der Waals surface area contributed by atoms with Crippen LogP contribution in [0.4, 0.5) is 10.1 Å². The number of benzene rings is 2. The highest BCUT2D eigenvalue weighted by Gasteiger charge is 2.29. The molecule has 0 aliphatic carbocycles. The molecule has 0 fully saturated rings. The Morgan fingerprint density at radius 3 is 2.55 bits per heavy atom. The summed E-state index contributed by atoms with van der Waals surface area (Å²) in [6.07, 6.45) is 3.99. The highest BCUT2D eigenvalue weighted by molar-refractivity contribution is 7.92. The van der Waals surface area contributed by atoms with E-state index in [-0.39, 0.29) is 22.2 Å². The van der Waals surface area contributed by atoms with Crippen molar-refractivity contribution >= 4 is 27.3 Å². The van der Waals surface area contributed by atoms with Crippen molar-refractivity contribution in [3.8, 4) is 22.9 Å². The van der Waals surface area contributed by atoms with Gasteiger partial charge in [0.2, 0.25) is 0 Å². The quantitative estimate of drug-likeness (QED) is 0.348. The van der Waals surface area contributed by atoms with Gasteiger partial charge in [0.05, 0.1) is 15.6 Å². The first-order valence-corrected chi connectivity index (χ1v) is 12.0. The molecule has 172 valence electrons. The minimum Gasteiger partial charge on any atom is -0.451 e. The molecule has 2 aromatic carbocycles. The second kappa shape index (κ2) is 9.32. The van der Waals surface area contributed by atoms with Gasteiger partial charge in [-0.3, -0.25) is 4.31 Å². The lowest BCUT2D eigenvalue weighted by Crippen LogP contribution is -2.32. The summed E-state index contributed by atoms with van der Waals surface area (Å²) in [6, 6.07) is 10.5. The monoisotopic (exact) mass is 489 g/mol. The number of rotatable bonds is 8. The van der Waals surface area contributed by atoms with Gasteiger partial charge >= 0.3 is 0 Å². The Bertz CT molecular complexity index is 1360. The van der Waals surface area contributed by atoms with Crippen molar-refractivity contribution in [1.29, 1.82) is 0 Å². The number of oxazole rings is 1. The molecule has 2 aromatic heterocycles. The van der Waals surface area contributed by atoms with Gasteiger partial charge in [0.25, 0.3) is 10.0 Å². The van der Waals surface area contributed by atoms with Crippen molar-refractivity contribution in [2.24, 2.45) is 7.05 Å². The van der Waals surface area contributed by atoms with E-state index in [0.717, 1.165) is 12.5 Å². The van der Waals surface area contributed by atoms with Gasteiger partial charge in [-0.05, 0) is 24.6 Å². The molecule has 0 aliphatic rings. The van der Waals surface area contributed by atoms with E-state index in [4.69, 9.17) is 16.0 Å². The van der Waals surface area contributed by atoms with E-state index in [0.29, 0.717) is 29.3 Å².